The topological polar surface area (TPSA) is 55.8 Å². The lowest BCUT2D eigenvalue weighted by molar-refractivity contribution is -0.136. The van der Waals surface area contributed by atoms with E-state index in [9.17, 15) is 13.6 Å². The quantitative estimate of drug-likeness (QED) is 0.614. The first-order valence-corrected chi connectivity index (χ1v) is 7.24. The number of rotatable bonds is 7. The molecule has 0 aliphatic rings. The summed E-state index contributed by atoms with van der Waals surface area (Å²) in [5.74, 6) is -4.06. The molecule has 0 aliphatic heterocycles. The molecule has 0 amide bonds. The highest BCUT2D eigenvalue weighted by Crippen LogP contribution is 2.25. The van der Waals surface area contributed by atoms with Gasteiger partial charge in [-0.2, -0.15) is 0 Å². The van der Waals surface area contributed by atoms with Gasteiger partial charge < -0.3 is 14.6 Å². The molecule has 0 saturated carbocycles. The second-order valence-corrected chi connectivity index (χ2v) is 4.83. The van der Waals surface area contributed by atoms with Crippen LogP contribution in [-0.4, -0.2) is 17.7 Å². The van der Waals surface area contributed by atoms with Crippen LogP contribution in [-0.2, 0) is 16.1 Å². The molecule has 0 atom stereocenters. The maximum absolute atomic E-state index is 14.1. The SMILES string of the molecule is CCO/C(=C\c1cc(F)c(OCc2ccccc2)c(F)c1)C(=O)O. The van der Waals surface area contributed by atoms with Crippen molar-refractivity contribution in [1.29, 1.82) is 0 Å². The lowest BCUT2D eigenvalue weighted by Crippen LogP contribution is -2.05. The number of hydrogen-bond donors (Lipinski definition) is 1. The molecule has 0 radical (unpaired) electrons. The molecule has 0 bridgehead atoms. The van der Waals surface area contributed by atoms with E-state index in [0.29, 0.717) is 0 Å². The first-order chi connectivity index (χ1) is 11.5. The molecule has 0 spiro atoms. The fourth-order valence-electron chi connectivity index (χ4n) is 2.00. The number of ether oxygens (including phenoxy) is 2. The van der Waals surface area contributed by atoms with Crippen molar-refractivity contribution in [2.45, 2.75) is 13.5 Å². The predicted molar refractivity (Wildman–Crippen MR) is 84.4 cm³/mol. The number of carboxylic acid groups (broad SMARTS) is 1. The molecule has 2 aromatic rings. The third-order valence-corrected chi connectivity index (χ3v) is 3.05. The van der Waals surface area contributed by atoms with Crippen LogP contribution in [0.1, 0.15) is 18.1 Å². The van der Waals surface area contributed by atoms with Crippen molar-refractivity contribution in [3.8, 4) is 5.75 Å². The minimum Gasteiger partial charge on any atom is -0.487 e. The summed E-state index contributed by atoms with van der Waals surface area (Å²) in [5, 5.41) is 8.96. The molecule has 0 fully saturated rings. The third-order valence-electron chi connectivity index (χ3n) is 3.05. The van der Waals surface area contributed by atoms with Crippen LogP contribution in [0.25, 0.3) is 6.08 Å². The Morgan fingerprint density at radius 3 is 2.33 bits per heavy atom. The van der Waals surface area contributed by atoms with Gasteiger partial charge in [0.25, 0.3) is 0 Å². The highest BCUT2D eigenvalue weighted by Gasteiger charge is 2.14. The van der Waals surface area contributed by atoms with E-state index in [-0.39, 0.29) is 18.8 Å². The Bertz CT molecular complexity index is 719. The number of carbonyl (C=O) groups is 1. The third kappa shape index (κ3) is 4.55. The van der Waals surface area contributed by atoms with Gasteiger partial charge in [0.1, 0.15) is 6.61 Å². The molecule has 2 aromatic carbocycles. The van der Waals surface area contributed by atoms with Crippen LogP contribution in [0.2, 0.25) is 0 Å². The van der Waals surface area contributed by atoms with Crippen molar-refractivity contribution in [2.75, 3.05) is 6.61 Å². The monoisotopic (exact) mass is 334 g/mol. The van der Waals surface area contributed by atoms with Crippen molar-refractivity contribution in [3.63, 3.8) is 0 Å². The first-order valence-electron chi connectivity index (χ1n) is 7.24. The van der Waals surface area contributed by atoms with E-state index in [1.54, 1.807) is 31.2 Å². The Hall–Kier alpha value is -2.89. The maximum Gasteiger partial charge on any atom is 0.371 e. The Labute approximate surface area is 138 Å². The summed E-state index contributed by atoms with van der Waals surface area (Å²) in [7, 11) is 0. The number of benzene rings is 2. The predicted octanol–water partition coefficient (Wildman–Crippen LogP) is 4.01. The van der Waals surface area contributed by atoms with Gasteiger partial charge in [-0.05, 0) is 36.3 Å². The zero-order valence-corrected chi connectivity index (χ0v) is 13.0. The lowest BCUT2D eigenvalue weighted by Gasteiger charge is -2.10. The van der Waals surface area contributed by atoms with Gasteiger partial charge in [0.2, 0.25) is 5.76 Å². The summed E-state index contributed by atoms with van der Waals surface area (Å²) < 4.78 is 38.2. The summed E-state index contributed by atoms with van der Waals surface area (Å²) >= 11 is 0. The van der Waals surface area contributed by atoms with E-state index >= 15 is 0 Å². The normalized spacial score (nSPS) is 11.2. The molecule has 126 valence electrons. The Morgan fingerprint density at radius 1 is 1.17 bits per heavy atom. The fourth-order valence-corrected chi connectivity index (χ4v) is 2.00. The number of carboxylic acids is 1. The van der Waals surface area contributed by atoms with Crippen LogP contribution in [0.4, 0.5) is 8.78 Å². The van der Waals surface area contributed by atoms with Crippen LogP contribution >= 0.6 is 0 Å². The van der Waals surface area contributed by atoms with E-state index in [2.05, 4.69) is 0 Å². The van der Waals surface area contributed by atoms with Crippen molar-refractivity contribution >= 4 is 12.0 Å². The largest absolute Gasteiger partial charge is 0.487 e. The van der Waals surface area contributed by atoms with E-state index < -0.39 is 29.1 Å². The minimum atomic E-state index is -1.32. The summed E-state index contributed by atoms with van der Waals surface area (Å²) in [6.45, 7) is 1.75. The maximum atomic E-state index is 14.1. The average Bonchev–Trinajstić information content (AvgIpc) is 2.54. The number of aliphatic carboxylic acids is 1. The van der Waals surface area contributed by atoms with Gasteiger partial charge in [0.05, 0.1) is 6.61 Å². The summed E-state index contributed by atoms with van der Waals surface area (Å²) in [6, 6.07) is 10.9. The van der Waals surface area contributed by atoms with Crippen molar-refractivity contribution in [2.24, 2.45) is 0 Å². The Morgan fingerprint density at radius 2 is 1.79 bits per heavy atom. The lowest BCUT2D eigenvalue weighted by atomic mass is 10.1. The van der Waals surface area contributed by atoms with E-state index in [0.717, 1.165) is 23.8 Å². The molecular formula is C18H16F2O4. The van der Waals surface area contributed by atoms with Crippen LogP contribution in [0.3, 0.4) is 0 Å². The summed E-state index contributed by atoms with van der Waals surface area (Å²) in [5.41, 5.74) is 0.799. The van der Waals surface area contributed by atoms with Crippen LogP contribution in [0, 0.1) is 11.6 Å². The van der Waals surface area contributed by atoms with Gasteiger partial charge in [-0.25, -0.2) is 13.6 Å². The highest BCUT2D eigenvalue weighted by molar-refractivity contribution is 5.89. The second kappa shape index (κ2) is 8.10. The molecule has 0 aliphatic carbocycles. The number of halogens is 2. The van der Waals surface area contributed by atoms with Gasteiger partial charge >= 0.3 is 5.97 Å². The fraction of sp³-hybridized carbons (Fsp3) is 0.167. The smallest absolute Gasteiger partial charge is 0.371 e. The molecule has 4 nitrogen and oxygen atoms in total. The van der Waals surface area contributed by atoms with Gasteiger partial charge in [0.15, 0.2) is 17.4 Å². The first kappa shape index (κ1) is 17.5. The molecule has 6 heteroatoms. The molecule has 0 unspecified atom stereocenters. The van der Waals surface area contributed by atoms with Crippen LogP contribution in [0.5, 0.6) is 5.75 Å². The van der Waals surface area contributed by atoms with Crippen LogP contribution in [0.15, 0.2) is 48.2 Å². The average molecular weight is 334 g/mol. The van der Waals surface area contributed by atoms with Crippen LogP contribution < -0.4 is 4.74 Å². The Kier molecular flexibility index (Phi) is 5.89. The van der Waals surface area contributed by atoms with Gasteiger partial charge in [-0.3, -0.25) is 0 Å². The van der Waals surface area contributed by atoms with Gasteiger partial charge in [-0.15, -0.1) is 0 Å². The summed E-state index contributed by atoms with van der Waals surface area (Å²) in [4.78, 5) is 11.0. The zero-order valence-electron chi connectivity index (χ0n) is 13.0. The van der Waals surface area contributed by atoms with Crippen molar-refractivity contribution in [1.82, 2.24) is 0 Å². The zero-order chi connectivity index (χ0) is 17.5. The van der Waals surface area contributed by atoms with Crippen molar-refractivity contribution in [3.05, 3.63) is 71.0 Å². The summed E-state index contributed by atoms with van der Waals surface area (Å²) in [6.07, 6.45) is 1.05. The van der Waals surface area contributed by atoms with Crippen molar-refractivity contribution < 1.29 is 28.2 Å². The molecule has 0 saturated heterocycles. The molecule has 24 heavy (non-hydrogen) atoms. The minimum absolute atomic E-state index is 0.0171. The van der Waals surface area contributed by atoms with Gasteiger partial charge in [0, 0.05) is 0 Å². The standard InChI is InChI=1S/C18H16F2O4/c1-2-23-16(18(21)22)10-13-8-14(19)17(15(20)9-13)24-11-12-6-4-3-5-7-12/h3-10H,2,11H2,1H3,(H,21,22)/b16-10-. The highest BCUT2D eigenvalue weighted by atomic mass is 19.1. The van der Waals surface area contributed by atoms with Gasteiger partial charge in [-0.1, -0.05) is 30.3 Å². The number of hydrogen-bond acceptors (Lipinski definition) is 3. The molecule has 2 rings (SSSR count). The van der Waals surface area contributed by atoms with E-state index in [1.165, 1.54) is 0 Å². The Balaban J connectivity index is 2.21. The molecular weight excluding hydrogens is 318 g/mol. The molecule has 0 heterocycles. The molecule has 1 N–H and O–H groups in total. The molecule has 0 aromatic heterocycles. The van der Waals surface area contributed by atoms with E-state index in [1.807, 2.05) is 6.07 Å². The second-order valence-electron chi connectivity index (χ2n) is 4.83. The van der Waals surface area contributed by atoms with E-state index in [4.69, 9.17) is 14.6 Å².